The third-order valence-electron chi connectivity index (χ3n) is 1.23. The zero-order chi connectivity index (χ0) is 9.14. The minimum Gasteiger partial charge on any atom is -0.207 e. The standard InChI is InChI=1S/C8H4Br2ClF/c9-4-8(10)5-1-6(11)3-7(12)2-5/h1-4H. The fourth-order valence-corrected chi connectivity index (χ4v) is 1.47. The second kappa shape index (κ2) is 4.40. The number of hydrogen-bond donors (Lipinski definition) is 0. The molecule has 0 unspecified atom stereocenters. The first-order chi connectivity index (χ1) is 5.63. The maximum absolute atomic E-state index is 12.8. The molecule has 12 heavy (non-hydrogen) atoms. The molecule has 0 N–H and O–H groups in total. The van der Waals surface area contributed by atoms with Crippen molar-refractivity contribution < 1.29 is 4.39 Å². The van der Waals surface area contributed by atoms with Gasteiger partial charge < -0.3 is 0 Å². The normalized spacial score (nSPS) is 11.8. The summed E-state index contributed by atoms with van der Waals surface area (Å²) >= 11 is 12.0. The lowest BCUT2D eigenvalue weighted by Crippen LogP contribution is -1.80. The second-order valence-corrected chi connectivity index (χ2v) is 3.86. The first-order valence-electron chi connectivity index (χ1n) is 3.06. The zero-order valence-corrected chi connectivity index (χ0v) is 9.75. The van der Waals surface area contributed by atoms with E-state index in [1.807, 2.05) is 0 Å². The predicted molar refractivity (Wildman–Crippen MR) is 57.2 cm³/mol. The predicted octanol–water partition coefficient (Wildman–Crippen LogP) is 4.57. The molecule has 0 fully saturated rings. The van der Waals surface area contributed by atoms with Crippen LogP contribution in [0.1, 0.15) is 5.56 Å². The van der Waals surface area contributed by atoms with Gasteiger partial charge in [-0.25, -0.2) is 4.39 Å². The van der Waals surface area contributed by atoms with Crippen molar-refractivity contribution in [3.8, 4) is 0 Å². The Morgan fingerprint density at radius 2 is 2.08 bits per heavy atom. The molecule has 0 nitrogen and oxygen atoms in total. The second-order valence-electron chi connectivity index (χ2n) is 2.12. The Bertz CT molecular complexity index is 303. The van der Waals surface area contributed by atoms with Crippen LogP contribution in [-0.2, 0) is 0 Å². The molecule has 0 aliphatic heterocycles. The molecule has 0 saturated carbocycles. The molecule has 1 aromatic rings. The van der Waals surface area contributed by atoms with Crippen molar-refractivity contribution in [3.63, 3.8) is 0 Å². The molecule has 0 bridgehead atoms. The molecular weight excluding hydrogens is 310 g/mol. The van der Waals surface area contributed by atoms with Crippen molar-refractivity contribution in [2.75, 3.05) is 0 Å². The smallest absolute Gasteiger partial charge is 0.125 e. The van der Waals surface area contributed by atoms with E-state index in [1.165, 1.54) is 12.1 Å². The van der Waals surface area contributed by atoms with E-state index in [9.17, 15) is 4.39 Å². The topological polar surface area (TPSA) is 0 Å². The fraction of sp³-hybridized carbons (Fsp3) is 0. The maximum Gasteiger partial charge on any atom is 0.125 e. The van der Waals surface area contributed by atoms with E-state index in [1.54, 1.807) is 11.1 Å². The van der Waals surface area contributed by atoms with E-state index >= 15 is 0 Å². The van der Waals surface area contributed by atoms with Crippen LogP contribution in [-0.4, -0.2) is 0 Å². The van der Waals surface area contributed by atoms with Gasteiger partial charge in [0.1, 0.15) is 5.82 Å². The van der Waals surface area contributed by atoms with Crippen molar-refractivity contribution in [2.45, 2.75) is 0 Å². The van der Waals surface area contributed by atoms with Crippen LogP contribution in [0.3, 0.4) is 0 Å². The van der Waals surface area contributed by atoms with E-state index in [0.29, 0.717) is 10.6 Å². The van der Waals surface area contributed by atoms with E-state index in [-0.39, 0.29) is 5.82 Å². The van der Waals surface area contributed by atoms with Crippen LogP contribution >= 0.6 is 43.5 Å². The molecule has 0 heterocycles. The first-order valence-corrected chi connectivity index (χ1v) is 5.14. The molecule has 0 aliphatic carbocycles. The quantitative estimate of drug-likeness (QED) is 0.712. The number of hydrogen-bond acceptors (Lipinski definition) is 0. The van der Waals surface area contributed by atoms with Gasteiger partial charge >= 0.3 is 0 Å². The van der Waals surface area contributed by atoms with Crippen LogP contribution in [0.2, 0.25) is 5.02 Å². The minimum atomic E-state index is -0.344. The maximum atomic E-state index is 12.8. The molecular formula is C8H4Br2ClF. The molecule has 0 spiro atoms. The average Bonchev–Trinajstić information content (AvgIpc) is 2.01. The van der Waals surface area contributed by atoms with Crippen molar-refractivity contribution in [1.29, 1.82) is 0 Å². The van der Waals surface area contributed by atoms with Crippen LogP contribution < -0.4 is 0 Å². The van der Waals surface area contributed by atoms with Crippen LogP contribution in [0.15, 0.2) is 23.2 Å². The molecule has 0 atom stereocenters. The number of rotatable bonds is 1. The summed E-state index contributed by atoms with van der Waals surface area (Å²) in [5.74, 6) is -0.344. The van der Waals surface area contributed by atoms with Crippen molar-refractivity contribution >= 4 is 47.9 Å². The number of benzene rings is 1. The average molecular weight is 314 g/mol. The van der Waals surface area contributed by atoms with Gasteiger partial charge in [0.2, 0.25) is 0 Å². The van der Waals surface area contributed by atoms with Crippen molar-refractivity contribution in [2.24, 2.45) is 0 Å². The Hall–Kier alpha value is 0.140. The first kappa shape index (κ1) is 10.2. The number of halogens is 4. The summed E-state index contributed by atoms with van der Waals surface area (Å²) < 4.78 is 13.5. The summed E-state index contributed by atoms with van der Waals surface area (Å²) in [4.78, 5) is 1.65. The minimum absolute atomic E-state index is 0.344. The van der Waals surface area contributed by atoms with Gasteiger partial charge in [0.15, 0.2) is 0 Å². The van der Waals surface area contributed by atoms with E-state index < -0.39 is 0 Å². The summed E-state index contributed by atoms with van der Waals surface area (Å²) in [6.07, 6.45) is 0. The molecule has 0 aromatic heterocycles. The van der Waals surface area contributed by atoms with Crippen LogP contribution in [0.5, 0.6) is 0 Å². The molecule has 0 aliphatic rings. The highest BCUT2D eigenvalue weighted by Crippen LogP contribution is 2.25. The highest BCUT2D eigenvalue weighted by molar-refractivity contribution is 9.16. The largest absolute Gasteiger partial charge is 0.207 e. The van der Waals surface area contributed by atoms with Gasteiger partial charge in [-0.1, -0.05) is 27.5 Å². The van der Waals surface area contributed by atoms with Gasteiger partial charge in [-0.05, 0) is 44.7 Å². The van der Waals surface area contributed by atoms with Crippen molar-refractivity contribution in [3.05, 3.63) is 39.6 Å². The molecule has 0 radical (unpaired) electrons. The SMILES string of the molecule is Fc1cc(Cl)cc(C(Br)=CBr)c1. The molecule has 0 amide bonds. The lowest BCUT2D eigenvalue weighted by molar-refractivity contribution is 0.627. The summed E-state index contributed by atoms with van der Waals surface area (Å²) in [7, 11) is 0. The Morgan fingerprint density at radius 1 is 1.42 bits per heavy atom. The molecule has 1 rings (SSSR count). The van der Waals surface area contributed by atoms with Gasteiger partial charge in [-0.2, -0.15) is 0 Å². The summed E-state index contributed by atoms with van der Waals surface area (Å²) in [5.41, 5.74) is 0.705. The van der Waals surface area contributed by atoms with Crippen LogP contribution in [0.25, 0.3) is 4.48 Å². The molecule has 1 aromatic carbocycles. The summed E-state index contributed by atoms with van der Waals surface area (Å²) in [5, 5.41) is 0.385. The lowest BCUT2D eigenvalue weighted by atomic mass is 10.2. The third-order valence-corrected chi connectivity index (χ3v) is 3.21. The van der Waals surface area contributed by atoms with Gasteiger partial charge in [0.05, 0.1) is 0 Å². The monoisotopic (exact) mass is 312 g/mol. The molecule has 0 saturated heterocycles. The van der Waals surface area contributed by atoms with Gasteiger partial charge in [-0.3, -0.25) is 0 Å². The molecule has 4 heteroatoms. The Morgan fingerprint density at radius 3 is 2.58 bits per heavy atom. The van der Waals surface area contributed by atoms with Crippen LogP contribution in [0.4, 0.5) is 4.39 Å². The third kappa shape index (κ3) is 2.57. The van der Waals surface area contributed by atoms with E-state index in [4.69, 9.17) is 11.6 Å². The Kier molecular flexibility index (Phi) is 3.75. The Labute approximate surface area is 91.7 Å². The Balaban J connectivity index is 3.17. The molecule has 64 valence electrons. The van der Waals surface area contributed by atoms with Gasteiger partial charge in [0, 0.05) is 9.51 Å². The van der Waals surface area contributed by atoms with Crippen molar-refractivity contribution in [1.82, 2.24) is 0 Å². The van der Waals surface area contributed by atoms with E-state index in [0.717, 1.165) is 4.48 Å². The van der Waals surface area contributed by atoms with Gasteiger partial charge in [0.25, 0.3) is 0 Å². The van der Waals surface area contributed by atoms with Crippen LogP contribution in [0, 0.1) is 5.82 Å². The highest BCUT2D eigenvalue weighted by atomic mass is 79.9. The summed E-state index contributed by atoms with van der Waals surface area (Å²) in [6.45, 7) is 0. The highest BCUT2D eigenvalue weighted by Gasteiger charge is 2.01. The summed E-state index contributed by atoms with van der Waals surface area (Å²) in [6, 6.07) is 4.33. The van der Waals surface area contributed by atoms with Gasteiger partial charge in [-0.15, -0.1) is 0 Å². The fourth-order valence-electron chi connectivity index (χ4n) is 0.755. The lowest BCUT2D eigenvalue weighted by Gasteiger charge is -1.99. The van der Waals surface area contributed by atoms with E-state index in [2.05, 4.69) is 31.9 Å². The zero-order valence-electron chi connectivity index (χ0n) is 5.82.